The third-order valence-corrected chi connectivity index (χ3v) is 13.1. The predicted octanol–water partition coefficient (Wildman–Crippen LogP) is 16.3. The van der Waals surface area contributed by atoms with Crippen molar-refractivity contribution in [3.63, 3.8) is 0 Å². The van der Waals surface area contributed by atoms with Crippen LogP contribution in [-0.2, 0) is 32.1 Å². The fourth-order valence-corrected chi connectivity index (χ4v) is 9.00. The van der Waals surface area contributed by atoms with E-state index in [1.54, 1.807) is 0 Å². The predicted molar refractivity (Wildman–Crippen MR) is 313 cm³/mol. The smallest absolute Gasteiger partial charge is 0.153 e. The molecule has 74 heavy (non-hydrogen) atoms. The molecule has 0 amide bonds. The molecule has 0 aliphatic rings. The zero-order chi connectivity index (χ0) is 52.0. The van der Waals surface area contributed by atoms with Gasteiger partial charge in [0.15, 0.2) is 5.75 Å². The van der Waals surface area contributed by atoms with Crippen molar-refractivity contribution in [3.05, 3.63) is 205 Å². The van der Waals surface area contributed by atoms with Crippen LogP contribution in [0.15, 0.2) is 121 Å². The summed E-state index contributed by atoms with van der Waals surface area (Å²) in [4.78, 5) is 0. The highest BCUT2D eigenvalue weighted by Crippen LogP contribution is 2.34. The topological polar surface area (TPSA) is 29.5 Å². The fourth-order valence-electron chi connectivity index (χ4n) is 9.00. The first-order valence-corrected chi connectivity index (χ1v) is 28.0. The fraction of sp³-hybridized carbons (Fsp3) is 0.361. The summed E-state index contributed by atoms with van der Waals surface area (Å²) >= 11 is 0. The van der Waals surface area contributed by atoms with E-state index in [0.717, 1.165) is 124 Å². The Morgan fingerprint density at radius 3 is 0.770 bits per heavy atom. The summed E-state index contributed by atoms with van der Waals surface area (Å²) in [6, 6.07) is 43.0. The lowest BCUT2D eigenvalue weighted by Crippen LogP contribution is -2.08. The molecule has 0 saturated carbocycles. The summed E-state index contributed by atoms with van der Waals surface area (Å²) < 4.78 is 7.13. The Bertz CT molecular complexity index is 2820. The monoisotopic (exact) mass is 975 g/mol. The molecular weight excluding hydrogens is 897 g/mol. The molecule has 0 aliphatic heterocycles. The van der Waals surface area contributed by atoms with Gasteiger partial charge < -0.3 is 9.84 Å². The van der Waals surface area contributed by atoms with Gasteiger partial charge in [0.1, 0.15) is 0 Å². The van der Waals surface area contributed by atoms with E-state index in [2.05, 4.69) is 215 Å². The van der Waals surface area contributed by atoms with Crippen molar-refractivity contribution in [1.29, 1.82) is 0 Å². The summed E-state index contributed by atoms with van der Waals surface area (Å²) in [5.74, 6) is 36.8. The molecule has 0 bridgehead atoms. The van der Waals surface area contributed by atoms with Crippen LogP contribution in [0.25, 0.3) is 0 Å². The molecule has 2 heteroatoms. The second kappa shape index (κ2) is 32.1. The minimum absolute atomic E-state index is 0.282. The molecule has 0 fully saturated rings. The third kappa shape index (κ3) is 18.4. The quantitative estimate of drug-likeness (QED) is 0.0543. The van der Waals surface area contributed by atoms with Crippen molar-refractivity contribution in [1.82, 2.24) is 0 Å². The summed E-state index contributed by atoms with van der Waals surface area (Å²) in [5, 5.41) is 9.20. The summed E-state index contributed by atoms with van der Waals surface area (Å²) in [5.41, 5.74) is 14.4. The number of aliphatic hydroxyl groups excluding tert-OH is 1. The molecule has 0 spiro atoms. The molecule has 6 rings (SSSR count). The van der Waals surface area contributed by atoms with Crippen molar-refractivity contribution in [2.75, 3.05) is 13.2 Å². The van der Waals surface area contributed by atoms with E-state index >= 15 is 0 Å². The molecular formula is C72H78O2. The number of hydrogen-bond acceptors (Lipinski definition) is 2. The Balaban J connectivity index is 1.64. The maximum Gasteiger partial charge on any atom is 0.153 e. The minimum atomic E-state index is 0.282. The molecule has 0 atom stereocenters. The standard InChI is InChI=1S/C72H78O2/c1-6-20-57-25-35-62(36-26-57)45-50-67-68(51-46-63-37-27-58(21-7-2)28-38-63)70(53-48-65-41-31-60(23-9-4)32-42-65)72(74-56-19-17-15-13-11-12-14-16-18-55-73)71(54-49-66-43-33-61(24-10-5)34-44-66)69(67)52-47-64-39-29-59(22-8-3)30-40-64/h25-44,73H,6-24,55-56H2,1-5H3. The SMILES string of the molecule is CCCc1ccc(C#Cc2c(C#Cc3ccc(CCC)cc3)c(C#Cc3ccc(CCC)cc3)c(OCCCCCCCCCCCO)c(C#Cc3ccc(CCC)cc3)c2C#Cc2ccc(CCC)cc2)cc1. The highest BCUT2D eigenvalue weighted by atomic mass is 16.5. The van der Waals surface area contributed by atoms with Crippen LogP contribution in [0.4, 0.5) is 0 Å². The van der Waals surface area contributed by atoms with Crippen molar-refractivity contribution >= 4 is 0 Å². The Hall–Kier alpha value is -7.12. The third-order valence-electron chi connectivity index (χ3n) is 13.1. The number of ether oxygens (including phenoxy) is 1. The van der Waals surface area contributed by atoms with E-state index in [0.29, 0.717) is 40.2 Å². The number of aryl methyl sites for hydroxylation is 5. The van der Waals surface area contributed by atoms with Gasteiger partial charge in [0, 0.05) is 34.4 Å². The summed E-state index contributed by atoms with van der Waals surface area (Å²) in [7, 11) is 0. The van der Waals surface area contributed by atoms with Crippen LogP contribution in [0.1, 0.15) is 208 Å². The van der Waals surface area contributed by atoms with Crippen LogP contribution in [0, 0.1) is 59.2 Å². The van der Waals surface area contributed by atoms with Crippen molar-refractivity contribution in [2.45, 2.75) is 157 Å². The van der Waals surface area contributed by atoms with Gasteiger partial charge in [-0.05, 0) is 133 Å². The number of hydrogen-bond donors (Lipinski definition) is 1. The molecule has 0 aromatic heterocycles. The maximum atomic E-state index is 9.20. The van der Waals surface area contributed by atoms with Gasteiger partial charge in [-0.3, -0.25) is 0 Å². The lowest BCUT2D eigenvalue weighted by Gasteiger charge is -2.17. The molecule has 0 radical (unpaired) electrons. The molecule has 378 valence electrons. The van der Waals surface area contributed by atoms with Crippen LogP contribution in [0.3, 0.4) is 0 Å². The van der Waals surface area contributed by atoms with Gasteiger partial charge >= 0.3 is 0 Å². The van der Waals surface area contributed by atoms with Gasteiger partial charge in [0.2, 0.25) is 0 Å². The normalized spacial score (nSPS) is 10.4. The van der Waals surface area contributed by atoms with Crippen LogP contribution in [-0.4, -0.2) is 18.3 Å². The second-order valence-corrected chi connectivity index (χ2v) is 19.4. The van der Waals surface area contributed by atoms with E-state index in [1.165, 1.54) is 53.5 Å². The van der Waals surface area contributed by atoms with Gasteiger partial charge in [-0.2, -0.15) is 0 Å². The molecule has 2 nitrogen and oxygen atoms in total. The number of rotatable bonds is 22. The molecule has 6 aromatic rings. The van der Waals surface area contributed by atoms with Crippen molar-refractivity contribution in [3.8, 4) is 65.0 Å². The highest BCUT2D eigenvalue weighted by molar-refractivity contribution is 5.78. The molecule has 0 saturated heterocycles. The first-order chi connectivity index (χ1) is 36.4. The average Bonchev–Trinajstić information content (AvgIpc) is 3.42. The Labute approximate surface area is 447 Å². The lowest BCUT2D eigenvalue weighted by atomic mass is 9.89. The Kier molecular flexibility index (Phi) is 24.4. The molecule has 0 aliphatic carbocycles. The molecule has 0 unspecified atom stereocenters. The van der Waals surface area contributed by atoms with Crippen molar-refractivity contribution in [2.24, 2.45) is 0 Å². The first kappa shape index (κ1) is 56.2. The summed E-state index contributed by atoms with van der Waals surface area (Å²) in [6.45, 7) is 11.8. The zero-order valence-corrected chi connectivity index (χ0v) is 45.3. The summed E-state index contributed by atoms with van der Waals surface area (Å²) in [6.07, 6.45) is 20.4. The van der Waals surface area contributed by atoms with E-state index in [9.17, 15) is 5.11 Å². The highest BCUT2D eigenvalue weighted by Gasteiger charge is 2.23. The van der Waals surface area contributed by atoms with Gasteiger partial charge in [-0.1, -0.05) is 232 Å². The van der Waals surface area contributed by atoms with Crippen LogP contribution < -0.4 is 4.74 Å². The Morgan fingerprint density at radius 1 is 0.284 bits per heavy atom. The van der Waals surface area contributed by atoms with Gasteiger partial charge in [-0.25, -0.2) is 0 Å². The number of benzene rings is 6. The largest absolute Gasteiger partial charge is 0.491 e. The van der Waals surface area contributed by atoms with E-state index in [-0.39, 0.29) is 6.61 Å². The zero-order valence-electron chi connectivity index (χ0n) is 45.3. The van der Waals surface area contributed by atoms with Gasteiger partial charge in [0.05, 0.1) is 34.4 Å². The van der Waals surface area contributed by atoms with Crippen LogP contribution >= 0.6 is 0 Å². The van der Waals surface area contributed by atoms with Crippen molar-refractivity contribution < 1.29 is 9.84 Å². The molecule has 1 N–H and O–H groups in total. The number of unbranched alkanes of at least 4 members (excludes halogenated alkanes) is 8. The van der Waals surface area contributed by atoms with Gasteiger partial charge in [-0.15, -0.1) is 0 Å². The van der Waals surface area contributed by atoms with Crippen LogP contribution in [0.5, 0.6) is 5.75 Å². The minimum Gasteiger partial charge on any atom is -0.491 e. The maximum absolute atomic E-state index is 9.20. The first-order valence-electron chi connectivity index (χ1n) is 28.0. The number of aliphatic hydroxyl groups is 1. The molecule has 0 heterocycles. The lowest BCUT2D eigenvalue weighted by molar-refractivity contribution is 0.282. The van der Waals surface area contributed by atoms with Crippen LogP contribution in [0.2, 0.25) is 0 Å². The van der Waals surface area contributed by atoms with E-state index < -0.39 is 0 Å². The van der Waals surface area contributed by atoms with Gasteiger partial charge in [0.25, 0.3) is 0 Å². The van der Waals surface area contributed by atoms with E-state index in [4.69, 9.17) is 4.74 Å². The second-order valence-electron chi connectivity index (χ2n) is 19.4. The van der Waals surface area contributed by atoms with E-state index in [1.807, 2.05) is 0 Å². The Morgan fingerprint density at radius 2 is 0.514 bits per heavy atom. The molecule has 6 aromatic carbocycles. The average molecular weight is 975 g/mol.